The number of aromatic hydroxyl groups is 1. The van der Waals surface area contributed by atoms with Crippen LogP contribution in [0, 0.1) is 0 Å². The number of nitrogens with one attached hydrogen (secondary N) is 1. The van der Waals surface area contributed by atoms with Crippen LogP contribution in [-0.2, 0) is 0 Å². The second-order valence-corrected chi connectivity index (χ2v) is 3.74. The summed E-state index contributed by atoms with van der Waals surface area (Å²) in [4.78, 5) is 7.23. The van der Waals surface area contributed by atoms with Gasteiger partial charge in [-0.3, -0.25) is 0 Å². The van der Waals surface area contributed by atoms with Crippen LogP contribution in [0.2, 0.25) is 5.15 Å². The van der Waals surface area contributed by atoms with E-state index in [-0.39, 0.29) is 5.75 Å². The summed E-state index contributed by atoms with van der Waals surface area (Å²) in [6.07, 6.45) is 1.65. The van der Waals surface area contributed by atoms with Crippen LogP contribution in [-0.4, -0.2) is 15.1 Å². The summed E-state index contributed by atoms with van der Waals surface area (Å²) >= 11 is 6.02. The van der Waals surface area contributed by atoms with Crippen molar-refractivity contribution >= 4 is 33.4 Å². The van der Waals surface area contributed by atoms with E-state index in [0.717, 1.165) is 21.8 Å². The molecule has 2 heterocycles. The lowest BCUT2D eigenvalue weighted by molar-refractivity contribution is 0.476. The fourth-order valence-corrected chi connectivity index (χ4v) is 2.05. The minimum atomic E-state index is 0.225. The van der Waals surface area contributed by atoms with Crippen LogP contribution in [0.1, 0.15) is 0 Å². The second-order valence-electron chi connectivity index (χ2n) is 3.38. The smallest absolute Gasteiger partial charge is 0.138 e. The van der Waals surface area contributed by atoms with Crippen molar-refractivity contribution in [2.45, 2.75) is 0 Å². The fraction of sp³-hybridized carbons (Fsp3) is 0. The van der Waals surface area contributed by atoms with Gasteiger partial charge in [-0.15, -0.1) is 0 Å². The number of fused-ring (bicyclic) bond motifs is 3. The molecule has 0 unspecified atom stereocenters. The predicted molar refractivity (Wildman–Crippen MR) is 60.3 cm³/mol. The average Bonchev–Trinajstić information content (AvgIpc) is 2.57. The minimum Gasteiger partial charge on any atom is -0.508 e. The maximum Gasteiger partial charge on any atom is 0.138 e. The van der Waals surface area contributed by atoms with Crippen molar-refractivity contribution in [3.05, 3.63) is 35.6 Å². The third-order valence-electron chi connectivity index (χ3n) is 2.45. The summed E-state index contributed by atoms with van der Waals surface area (Å²) in [5.41, 5.74) is 1.87. The maximum absolute atomic E-state index is 9.42. The van der Waals surface area contributed by atoms with E-state index in [1.165, 1.54) is 0 Å². The fourth-order valence-electron chi connectivity index (χ4n) is 1.79. The molecule has 0 saturated heterocycles. The van der Waals surface area contributed by atoms with Gasteiger partial charge in [0.1, 0.15) is 10.9 Å². The third-order valence-corrected chi connectivity index (χ3v) is 2.73. The van der Waals surface area contributed by atoms with Crippen molar-refractivity contribution in [3.63, 3.8) is 0 Å². The molecule has 4 heteroatoms. The number of hydrogen-bond acceptors (Lipinski definition) is 2. The highest BCUT2D eigenvalue weighted by atomic mass is 35.5. The van der Waals surface area contributed by atoms with Gasteiger partial charge in [0.25, 0.3) is 0 Å². The number of aromatic amines is 1. The zero-order valence-corrected chi connectivity index (χ0v) is 8.42. The van der Waals surface area contributed by atoms with Crippen LogP contribution in [0.15, 0.2) is 30.5 Å². The molecule has 0 spiro atoms. The van der Waals surface area contributed by atoms with Gasteiger partial charge in [-0.1, -0.05) is 11.6 Å². The van der Waals surface area contributed by atoms with Crippen LogP contribution < -0.4 is 0 Å². The van der Waals surface area contributed by atoms with Gasteiger partial charge in [0.05, 0.1) is 5.52 Å². The predicted octanol–water partition coefficient (Wildman–Crippen LogP) is 3.08. The second kappa shape index (κ2) is 2.87. The Bertz CT molecular complexity index is 660. The van der Waals surface area contributed by atoms with E-state index in [1.807, 2.05) is 12.1 Å². The number of H-pyrrole nitrogens is 1. The van der Waals surface area contributed by atoms with E-state index in [2.05, 4.69) is 9.97 Å². The number of benzene rings is 1. The van der Waals surface area contributed by atoms with Gasteiger partial charge < -0.3 is 10.1 Å². The molecule has 74 valence electrons. The van der Waals surface area contributed by atoms with Crippen LogP contribution in [0.5, 0.6) is 5.75 Å². The lowest BCUT2D eigenvalue weighted by atomic mass is 10.2. The summed E-state index contributed by atoms with van der Waals surface area (Å²) in [5, 5.41) is 11.6. The molecule has 3 nitrogen and oxygen atoms in total. The largest absolute Gasteiger partial charge is 0.508 e. The van der Waals surface area contributed by atoms with Crippen molar-refractivity contribution in [2.24, 2.45) is 0 Å². The molecule has 3 aromatic rings. The van der Waals surface area contributed by atoms with Gasteiger partial charge in [-0.2, -0.15) is 0 Å². The number of nitrogens with zero attached hydrogens (tertiary/aromatic N) is 1. The Labute approximate surface area is 90.3 Å². The first-order chi connectivity index (χ1) is 7.25. The van der Waals surface area contributed by atoms with E-state index in [9.17, 15) is 5.11 Å². The Morgan fingerprint density at radius 2 is 2.07 bits per heavy atom. The average molecular weight is 219 g/mol. The van der Waals surface area contributed by atoms with Gasteiger partial charge >= 0.3 is 0 Å². The van der Waals surface area contributed by atoms with Gasteiger partial charge in [-0.25, -0.2) is 4.98 Å². The zero-order chi connectivity index (χ0) is 10.4. The van der Waals surface area contributed by atoms with Gasteiger partial charge in [0.15, 0.2) is 0 Å². The van der Waals surface area contributed by atoms with Crippen molar-refractivity contribution in [2.75, 3.05) is 0 Å². The molecule has 2 aromatic heterocycles. The Hall–Kier alpha value is -1.74. The molecule has 1 aromatic carbocycles. The monoisotopic (exact) mass is 218 g/mol. The van der Waals surface area contributed by atoms with Gasteiger partial charge in [0, 0.05) is 22.5 Å². The normalized spacial score (nSPS) is 11.3. The molecule has 0 bridgehead atoms. The summed E-state index contributed by atoms with van der Waals surface area (Å²) in [5.74, 6) is 0.225. The molecule has 0 aliphatic carbocycles. The van der Waals surface area contributed by atoms with E-state index < -0.39 is 0 Å². The highest BCUT2D eigenvalue weighted by Gasteiger charge is 2.08. The first kappa shape index (κ1) is 8.56. The van der Waals surface area contributed by atoms with Gasteiger partial charge in [0.2, 0.25) is 0 Å². The molecule has 0 fully saturated rings. The van der Waals surface area contributed by atoms with E-state index >= 15 is 0 Å². The van der Waals surface area contributed by atoms with Gasteiger partial charge in [-0.05, 0) is 24.3 Å². The standard InChI is InChI=1S/C11H7ClN2O/c12-11-10-7-5-6(15)1-2-8(7)14-9(10)3-4-13-11/h1-5,14-15H. The number of rotatable bonds is 0. The van der Waals surface area contributed by atoms with Crippen LogP contribution in [0.3, 0.4) is 0 Å². The summed E-state index contributed by atoms with van der Waals surface area (Å²) in [6.45, 7) is 0. The molecule has 0 aliphatic heterocycles. The quantitative estimate of drug-likeness (QED) is 0.570. The maximum atomic E-state index is 9.42. The van der Waals surface area contributed by atoms with Crippen molar-refractivity contribution in [1.29, 1.82) is 0 Å². The molecule has 2 N–H and O–H groups in total. The topological polar surface area (TPSA) is 48.9 Å². The Balaban J connectivity index is 2.61. The molecule has 0 saturated carbocycles. The lowest BCUT2D eigenvalue weighted by Gasteiger charge is -1.94. The van der Waals surface area contributed by atoms with E-state index in [4.69, 9.17) is 11.6 Å². The molecule has 15 heavy (non-hydrogen) atoms. The summed E-state index contributed by atoms with van der Waals surface area (Å²) in [7, 11) is 0. The zero-order valence-electron chi connectivity index (χ0n) is 7.66. The molecular weight excluding hydrogens is 212 g/mol. The lowest BCUT2D eigenvalue weighted by Crippen LogP contribution is -1.74. The Kier molecular flexibility index (Phi) is 1.64. The highest BCUT2D eigenvalue weighted by Crippen LogP contribution is 2.31. The summed E-state index contributed by atoms with van der Waals surface area (Å²) in [6, 6.07) is 7.00. The molecule has 3 rings (SSSR count). The van der Waals surface area contributed by atoms with E-state index in [0.29, 0.717) is 5.15 Å². The van der Waals surface area contributed by atoms with Crippen LogP contribution >= 0.6 is 11.6 Å². The van der Waals surface area contributed by atoms with Crippen LogP contribution in [0.25, 0.3) is 21.8 Å². The third kappa shape index (κ3) is 1.17. The number of pyridine rings is 1. The molecule has 0 atom stereocenters. The van der Waals surface area contributed by atoms with Crippen molar-refractivity contribution in [1.82, 2.24) is 9.97 Å². The summed E-state index contributed by atoms with van der Waals surface area (Å²) < 4.78 is 0. The minimum absolute atomic E-state index is 0.225. The Morgan fingerprint density at radius 1 is 1.20 bits per heavy atom. The Morgan fingerprint density at radius 3 is 2.93 bits per heavy atom. The first-order valence-corrected chi connectivity index (χ1v) is 4.88. The number of aromatic nitrogens is 2. The number of phenolic OH excluding ortho intramolecular Hbond substituents is 1. The molecular formula is C11H7ClN2O. The number of hydrogen-bond donors (Lipinski definition) is 2. The highest BCUT2D eigenvalue weighted by molar-refractivity contribution is 6.36. The molecule has 0 aliphatic rings. The number of phenols is 1. The van der Waals surface area contributed by atoms with E-state index in [1.54, 1.807) is 18.3 Å². The number of halogens is 1. The van der Waals surface area contributed by atoms with Crippen LogP contribution in [0.4, 0.5) is 0 Å². The van der Waals surface area contributed by atoms with Crippen molar-refractivity contribution < 1.29 is 5.11 Å². The SMILES string of the molecule is Oc1ccc2[nH]c3ccnc(Cl)c3c2c1. The first-order valence-electron chi connectivity index (χ1n) is 4.50. The molecule has 0 radical (unpaired) electrons. The molecule has 0 amide bonds. The van der Waals surface area contributed by atoms with Crippen molar-refractivity contribution in [3.8, 4) is 5.75 Å².